The minimum Gasteiger partial charge on any atom is -0.462 e. The van der Waals surface area contributed by atoms with E-state index in [1.807, 2.05) is 48.6 Å². The largest absolute Gasteiger partial charge is 0.472 e. The first-order valence-electron chi connectivity index (χ1n) is 41.9. The molecule has 17 nitrogen and oxygen atoms in total. The van der Waals surface area contributed by atoms with Crippen LogP contribution in [0.3, 0.4) is 0 Å². The average molecular weight is 1620 g/mol. The van der Waals surface area contributed by atoms with Crippen molar-refractivity contribution in [3.05, 3.63) is 255 Å². The third kappa shape index (κ3) is 82.6. The summed E-state index contributed by atoms with van der Waals surface area (Å²) in [7, 11) is -10.1. The molecule has 114 heavy (non-hydrogen) atoms. The molecule has 0 heterocycles. The molecule has 0 amide bonds. The van der Waals surface area contributed by atoms with Gasteiger partial charge in [0.25, 0.3) is 0 Å². The van der Waals surface area contributed by atoms with Gasteiger partial charge < -0.3 is 33.8 Å². The molecule has 0 aromatic rings. The summed E-state index contributed by atoms with van der Waals surface area (Å²) in [6.45, 7) is 4.18. The Bertz CT molecular complexity index is 3170. The number of carbonyl (C=O) groups is 4. The van der Waals surface area contributed by atoms with Crippen LogP contribution >= 0.6 is 15.6 Å². The van der Waals surface area contributed by atoms with Crippen LogP contribution in [0, 0.1) is 0 Å². The van der Waals surface area contributed by atoms with Crippen molar-refractivity contribution in [1.29, 1.82) is 0 Å². The van der Waals surface area contributed by atoms with Crippen LogP contribution in [-0.4, -0.2) is 96.7 Å². The van der Waals surface area contributed by atoms with Gasteiger partial charge in [0.05, 0.1) is 26.4 Å². The van der Waals surface area contributed by atoms with Gasteiger partial charge in [0.1, 0.15) is 19.3 Å². The molecule has 0 fully saturated rings. The lowest BCUT2D eigenvalue weighted by Crippen LogP contribution is -2.30. The Balaban J connectivity index is 5.65. The van der Waals surface area contributed by atoms with Gasteiger partial charge >= 0.3 is 39.5 Å². The number of unbranched alkanes of at least 4 members (excludes halogenated alkanes) is 7. The number of ether oxygens (including phenoxy) is 4. The molecule has 0 aliphatic rings. The zero-order chi connectivity index (χ0) is 83.1. The van der Waals surface area contributed by atoms with Crippen molar-refractivity contribution in [2.24, 2.45) is 0 Å². The Kier molecular flexibility index (Phi) is 78.1. The van der Waals surface area contributed by atoms with Gasteiger partial charge in [-0.3, -0.25) is 37.3 Å². The summed E-state index contributed by atoms with van der Waals surface area (Å²) in [6.07, 6.45) is 111. The summed E-state index contributed by atoms with van der Waals surface area (Å²) in [5, 5.41) is 10.7. The normalized spacial score (nSPS) is 15.0. The minimum atomic E-state index is -5.04. The van der Waals surface area contributed by atoms with Gasteiger partial charge in [-0.1, -0.05) is 302 Å². The van der Waals surface area contributed by atoms with E-state index in [9.17, 15) is 43.2 Å². The molecule has 636 valence electrons. The standard InChI is InChI=1S/C95H144O17P2/c1-5-9-13-17-21-25-29-33-37-41-44-48-52-56-60-64-68-72-76-80-93(98)106-86-91(112-95(100)82-78-74-70-66-62-58-54-50-46-43-39-35-31-27-23-19-15-11-7-3)88-110-114(103,104)108-84-89(96)83-107-113(101,102)109-87-90(85-105-92(97)79-75-71-67-63-59-55-51-47-40-36-32-28-24-20-16-12-8-4)111-94(99)81-77-73-69-65-61-57-53-49-45-42-38-34-30-26-22-18-14-10-6-2/h9-11,13-15,21-28,33-40,44-46,48-51,55-58,60-63,67-68,70,72,74,89-91,96H,5-8,12,16-20,29-32,41-43,47,52-54,59,64-66,69,71,73,75-88H2,1-4H3,(H,101,102)(H,103,104)/b13-9-,14-10-,15-11-,25-21-,26-22-,27-23-,28-24-,37-33-,38-34-,39-35-,40-36-,48-44-,49-45-,50-46-,55-51-,60-56-,61-57-,62-58-,67-63-,72-68-,74-70-/t89-,90+,91+/m0/s1. The lowest BCUT2D eigenvalue weighted by atomic mass is 10.1. The van der Waals surface area contributed by atoms with E-state index in [1.165, 1.54) is 19.3 Å². The molecule has 0 spiro atoms. The summed E-state index contributed by atoms with van der Waals surface area (Å²) in [5.74, 6) is -2.51. The van der Waals surface area contributed by atoms with Crippen LogP contribution in [0.1, 0.15) is 259 Å². The molecule has 0 aliphatic heterocycles. The quantitative estimate of drug-likeness (QED) is 0.0169. The van der Waals surface area contributed by atoms with E-state index in [0.29, 0.717) is 44.9 Å². The predicted molar refractivity (Wildman–Crippen MR) is 472 cm³/mol. The molecule has 0 aromatic carbocycles. The summed E-state index contributed by atoms with van der Waals surface area (Å²) in [5.41, 5.74) is 0. The number of carbonyl (C=O) groups excluding carboxylic acids is 4. The monoisotopic (exact) mass is 1620 g/mol. The topological polar surface area (TPSA) is 237 Å². The molecule has 0 radical (unpaired) electrons. The van der Waals surface area contributed by atoms with Gasteiger partial charge in [-0.15, -0.1) is 0 Å². The molecule has 3 N–H and O–H groups in total. The second-order valence-corrected chi connectivity index (χ2v) is 29.5. The predicted octanol–water partition coefficient (Wildman–Crippen LogP) is 25.3. The Morgan fingerprint density at radius 1 is 0.254 bits per heavy atom. The molecule has 2 unspecified atom stereocenters. The van der Waals surface area contributed by atoms with Crippen LogP contribution in [0.15, 0.2) is 255 Å². The first-order valence-corrected chi connectivity index (χ1v) is 44.9. The van der Waals surface area contributed by atoms with Crippen molar-refractivity contribution in [3.8, 4) is 0 Å². The van der Waals surface area contributed by atoms with Crippen LogP contribution in [0.4, 0.5) is 0 Å². The van der Waals surface area contributed by atoms with Crippen LogP contribution in [0.5, 0.6) is 0 Å². The summed E-state index contributed by atoms with van der Waals surface area (Å²) < 4.78 is 68.5. The van der Waals surface area contributed by atoms with Gasteiger partial charge in [-0.25, -0.2) is 9.13 Å². The Morgan fingerprint density at radius 3 is 0.781 bits per heavy atom. The summed E-state index contributed by atoms with van der Waals surface area (Å²) in [4.78, 5) is 73.2. The highest BCUT2D eigenvalue weighted by atomic mass is 31.2. The first-order chi connectivity index (χ1) is 55.7. The maximum Gasteiger partial charge on any atom is 0.472 e. The third-order valence-corrected chi connectivity index (χ3v) is 17.9. The van der Waals surface area contributed by atoms with E-state index in [-0.39, 0.29) is 25.7 Å². The number of allylic oxidation sites excluding steroid dienone is 42. The average Bonchev–Trinajstić information content (AvgIpc) is 0.899. The van der Waals surface area contributed by atoms with Crippen molar-refractivity contribution in [3.63, 3.8) is 0 Å². The maximum absolute atomic E-state index is 13.1. The molecule has 0 rings (SSSR count). The molecule has 0 aliphatic carbocycles. The maximum atomic E-state index is 13.1. The molecule has 0 bridgehead atoms. The van der Waals surface area contributed by atoms with Crippen molar-refractivity contribution < 1.29 is 80.2 Å². The van der Waals surface area contributed by atoms with Crippen LogP contribution < -0.4 is 0 Å². The third-order valence-electron chi connectivity index (χ3n) is 16.0. The zero-order valence-electron chi connectivity index (χ0n) is 69.6. The van der Waals surface area contributed by atoms with Crippen molar-refractivity contribution in [1.82, 2.24) is 0 Å². The van der Waals surface area contributed by atoms with Gasteiger partial charge in [0, 0.05) is 25.7 Å². The molecule has 0 saturated heterocycles. The van der Waals surface area contributed by atoms with E-state index in [2.05, 4.69) is 234 Å². The Labute approximate surface area is 688 Å². The molecule has 0 aromatic heterocycles. The lowest BCUT2D eigenvalue weighted by Gasteiger charge is -2.21. The number of hydrogen-bond acceptors (Lipinski definition) is 15. The minimum absolute atomic E-state index is 0.00614. The lowest BCUT2D eigenvalue weighted by molar-refractivity contribution is -0.161. The van der Waals surface area contributed by atoms with Crippen LogP contribution in [-0.2, 0) is 65.4 Å². The number of aliphatic hydroxyl groups is 1. The highest BCUT2D eigenvalue weighted by Crippen LogP contribution is 2.45. The Morgan fingerprint density at radius 2 is 0.482 bits per heavy atom. The zero-order valence-corrected chi connectivity index (χ0v) is 71.4. The van der Waals surface area contributed by atoms with Gasteiger partial charge in [-0.2, -0.15) is 0 Å². The summed E-state index contributed by atoms with van der Waals surface area (Å²) in [6, 6.07) is 0. The van der Waals surface area contributed by atoms with Crippen molar-refractivity contribution in [2.75, 3.05) is 39.6 Å². The van der Waals surface area contributed by atoms with Crippen molar-refractivity contribution in [2.45, 2.75) is 277 Å². The number of phosphoric ester groups is 2. The second-order valence-electron chi connectivity index (χ2n) is 26.6. The fourth-order valence-electron chi connectivity index (χ4n) is 9.76. The fourth-order valence-corrected chi connectivity index (χ4v) is 11.3. The van der Waals surface area contributed by atoms with Crippen LogP contribution in [0.2, 0.25) is 0 Å². The van der Waals surface area contributed by atoms with Crippen molar-refractivity contribution >= 4 is 39.5 Å². The number of esters is 4. The Hall–Kier alpha value is -7.40. The van der Waals surface area contributed by atoms with Gasteiger partial charge in [-0.05, 0) is 186 Å². The van der Waals surface area contributed by atoms with E-state index in [0.717, 1.165) is 141 Å². The van der Waals surface area contributed by atoms with Crippen LogP contribution in [0.25, 0.3) is 0 Å². The number of hydrogen-bond donors (Lipinski definition) is 3. The number of rotatable bonds is 75. The van der Waals surface area contributed by atoms with E-state index >= 15 is 0 Å². The molecule has 19 heteroatoms. The SMILES string of the molecule is CC/C=C\C/C=C\C/C=C\C/C=C\C/C=C\C/C=C\CCC(=O)OC[C@H](COP(=O)(O)OC[C@@H](O)COP(=O)(O)OC[C@@H](COC(=O)CCC/C=C\C/C=C\C/C=C\C/C=C\CCCCC)OC(=O)CCCCC/C=C\C/C=C\C/C=C\C/C=C\C/C=C\CC)OC(=O)CC/C=C\C/C=C\C/C=C\C/C=C\C/C=C\C/C=C\CC. The summed E-state index contributed by atoms with van der Waals surface area (Å²) >= 11 is 0. The molecule has 5 atom stereocenters. The van der Waals surface area contributed by atoms with E-state index in [1.54, 1.807) is 0 Å². The molecular weight excluding hydrogens is 1470 g/mol. The smallest absolute Gasteiger partial charge is 0.462 e. The van der Waals surface area contributed by atoms with E-state index in [4.69, 9.17) is 37.0 Å². The molecule has 0 saturated carbocycles. The van der Waals surface area contributed by atoms with E-state index < -0.39 is 97.5 Å². The van der Waals surface area contributed by atoms with Gasteiger partial charge in [0.2, 0.25) is 0 Å². The fraction of sp³-hybridized carbons (Fsp3) is 0.516. The number of phosphoric acid groups is 2. The molecular formula is C95H144O17P2. The highest BCUT2D eigenvalue weighted by Gasteiger charge is 2.30. The highest BCUT2D eigenvalue weighted by molar-refractivity contribution is 7.47. The first kappa shape index (κ1) is 107. The van der Waals surface area contributed by atoms with Gasteiger partial charge in [0.15, 0.2) is 12.2 Å². The number of aliphatic hydroxyl groups excluding tert-OH is 1. The second kappa shape index (κ2) is 83.5.